The number of aromatic amines is 1. The van der Waals surface area contributed by atoms with E-state index in [2.05, 4.69) is 11.7 Å². The Bertz CT molecular complexity index is 1500. The van der Waals surface area contributed by atoms with Gasteiger partial charge < -0.3 is 9.52 Å². The Kier molecular flexibility index (Phi) is 5.54. The predicted octanol–water partition coefficient (Wildman–Crippen LogP) is 4.32. The van der Waals surface area contributed by atoms with E-state index in [1.54, 1.807) is 36.4 Å². The lowest BCUT2D eigenvalue weighted by atomic mass is 10.2. The standard InChI is InChI=1S/C22H13Cl3N2O4/c1-11-15(10-14-4-7-20(31-14)12-2-5-18(24)19(25)8-12)21(28)27(26-11)13-3-6-17(23)16(9-13)22(29)30/h2-10,26H,1H2,(H,29,30)/b15-10-. The van der Waals surface area contributed by atoms with Gasteiger partial charge in [0.2, 0.25) is 0 Å². The third-order valence-corrected chi connectivity index (χ3v) is 5.63. The topological polar surface area (TPSA) is 88.2 Å². The molecule has 0 amide bonds. The molecule has 9 heteroatoms. The number of carboxylic acid groups (broad SMARTS) is 1. The van der Waals surface area contributed by atoms with Crippen LogP contribution < -0.4 is 16.1 Å². The highest BCUT2D eigenvalue weighted by Gasteiger charge is 2.13. The summed E-state index contributed by atoms with van der Waals surface area (Å²) in [7, 11) is 0. The van der Waals surface area contributed by atoms with E-state index in [9.17, 15) is 14.7 Å². The minimum atomic E-state index is -1.20. The van der Waals surface area contributed by atoms with E-state index in [1.165, 1.54) is 22.9 Å². The molecule has 0 saturated carbocycles. The third kappa shape index (κ3) is 4.05. The molecule has 6 nitrogen and oxygen atoms in total. The van der Waals surface area contributed by atoms with E-state index in [0.29, 0.717) is 32.6 Å². The molecule has 31 heavy (non-hydrogen) atoms. The van der Waals surface area contributed by atoms with Gasteiger partial charge in [-0.2, -0.15) is 0 Å². The van der Waals surface area contributed by atoms with Crippen LogP contribution in [-0.2, 0) is 0 Å². The fraction of sp³-hybridized carbons (Fsp3) is 0. The van der Waals surface area contributed by atoms with Crippen molar-refractivity contribution in [1.29, 1.82) is 0 Å². The molecule has 0 aliphatic heterocycles. The minimum absolute atomic E-state index is 0.0721. The van der Waals surface area contributed by atoms with Gasteiger partial charge in [0.15, 0.2) is 0 Å². The van der Waals surface area contributed by atoms with Gasteiger partial charge in [-0.15, -0.1) is 0 Å². The number of aromatic nitrogens is 2. The van der Waals surface area contributed by atoms with E-state index in [0.717, 1.165) is 5.56 Å². The second kappa shape index (κ2) is 8.15. The van der Waals surface area contributed by atoms with E-state index in [-0.39, 0.29) is 15.8 Å². The normalized spacial score (nSPS) is 11.8. The fourth-order valence-electron chi connectivity index (χ4n) is 3.02. The Labute approximate surface area is 190 Å². The van der Waals surface area contributed by atoms with Gasteiger partial charge in [-0.25, -0.2) is 9.48 Å². The van der Waals surface area contributed by atoms with Gasteiger partial charge >= 0.3 is 5.97 Å². The number of benzene rings is 2. The number of nitrogens with one attached hydrogen (secondary N) is 1. The van der Waals surface area contributed by atoms with Gasteiger partial charge in [0.25, 0.3) is 5.56 Å². The molecular weight excluding hydrogens is 463 g/mol. The smallest absolute Gasteiger partial charge is 0.337 e. The van der Waals surface area contributed by atoms with Crippen molar-refractivity contribution < 1.29 is 14.3 Å². The Balaban J connectivity index is 1.77. The summed E-state index contributed by atoms with van der Waals surface area (Å²) < 4.78 is 7.01. The molecule has 0 saturated heterocycles. The summed E-state index contributed by atoms with van der Waals surface area (Å²) in [5, 5.41) is 13.6. The zero-order chi connectivity index (χ0) is 22.3. The number of rotatable bonds is 4. The maximum Gasteiger partial charge on any atom is 0.337 e. The SMILES string of the molecule is C=c1[nH]n(-c2ccc(Cl)c(C(=O)O)c2)c(=O)/c1=C\c1ccc(-c2ccc(Cl)c(Cl)c2)o1. The average molecular weight is 476 g/mol. The molecule has 156 valence electrons. The van der Waals surface area contributed by atoms with Crippen LogP contribution in [0.15, 0.2) is 57.7 Å². The Morgan fingerprint density at radius 3 is 2.48 bits per heavy atom. The second-order valence-corrected chi connectivity index (χ2v) is 7.81. The summed E-state index contributed by atoms with van der Waals surface area (Å²) in [6.45, 7) is 3.86. The lowest BCUT2D eigenvalue weighted by molar-refractivity contribution is 0.0697. The quantitative estimate of drug-likeness (QED) is 0.460. The summed E-state index contributed by atoms with van der Waals surface area (Å²) in [4.78, 5) is 24.3. The van der Waals surface area contributed by atoms with Crippen molar-refractivity contribution in [2.24, 2.45) is 0 Å². The van der Waals surface area contributed by atoms with Gasteiger partial charge in [-0.3, -0.25) is 9.89 Å². The molecule has 4 rings (SSSR count). The molecular formula is C22H13Cl3N2O4. The van der Waals surface area contributed by atoms with Crippen LogP contribution in [0.4, 0.5) is 0 Å². The molecule has 2 heterocycles. The Hall–Kier alpha value is -3.19. The van der Waals surface area contributed by atoms with Crippen LogP contribution in [0.3, 0.4) is 0 Å². The molecule has 0 bridgehead atoms. The molecule has 0 radical (unpaired) electrons. The third-order valence-electron chi connectivity index (χ3n) is 4.56. The molecule has 0 aliphatic carbocycles. The maximum atomic E-state index is 12.9. The van der Waals surface area contributed by atoms with E-state index in [1.807, 2.05) is 0 Å². The van der Waals surface area contributed by atoms with Crippen LogP contribution in [0.5, 0.6) is 0 Å². The van der Waals surface area contributed by atoms with Crippen LogP contribution in [0.25, 0.3) is 29.7 Å². The monoisotopic (exact) mass is 474 g/mol. The molecule has 0 aliphatic rings. The number of hydrogen-bond donors (Lipinski definition) is 2. The van der Waals surface area contributed by atoms with Crippen molar-refractivity contribution in [3.05, 3.63) is 95.8 Å². The van der Waals surface area contributed by atoms with Crippen molar-refractivity contribution in [1.82, 2.24) is 9.78 Å². The molecule has 0 unspecified atom stereocenters. The summed E-state index contributed by atoms with van der Waals surface area (Å²) in [5.74, 6) is -0.217. The van der Waals surface area contributed by atoms with Crippen LogP contribution in [0.1, 0.15) is 16.1 Å². The number of H-pyrrole nitrogens is 1. The van der Waals surface area contributed by atoms with E-state index < -0.39 is 11.5 Å². The molecule has 2 N–H and O–H groups in total. The molecule has 0 spiro atoms. The number of nitrogens with zero attached hydrogens (tertiary/aromatic N) is 1. The van der Waals surface area contributed by atoms with Crippen molar-refractivity contribution in [2.75, 3.05) is 0 Å². The first-order valence-electron chi connectivity index (χ1n) is 8.85. The summed E-state index contributed by atoms with van der Waals surface area (Å²) in [5.41, 5.74) is 0.510. The number of carboxylic acids is 1. The lowest BCUT2D eigenvalue weighted by Gasteiger charge is -2.04. The molecule has 0 fully saturated rings. The lowest BCUT2D eigenvalue weighted by Crippen LogP contribution is -2.33. The number of hydrogen-bond acceptors (Lipinski definition) is 3. The number of carbonyl (C=O) groups is 1. The Morgan fingerprint density at radius 1 is 1.03 bits per heavy atom. The van der Waals surface area contributed by atoms with Crippen LogP contribution in [0.2, 0.25) is 15.1 Å². The fourth-order valence-corrected chi connectivity index (χ4v) is 3.52. The van der Waals surface area contributed by atoms with E-state index in [4.69, 9.17) is 39.2 Å². The van der Waals surface area contributed by atoms with Gasteiger partial charge in [-0.1, -0.05) is 41.4 Å². The summed E-state index contributed by atoms with van der Waals surface area (Å²) >= 11 is 17.9. The predicted molar refractivity (Wildman–Crippen MR) is 121 cm³/mol. The minimum Gasteiger partial charge on any atom is -0.478 e. The average Bonchev–Trinajstić information content (AvgIpc) is 3.30. The van der Waals surface area contributed by atoms with Gasteiger partial charge in [-0.05, 0) is 54.6 Å². The first-order chi connectivity index (χ1) is 14.7. The number of furan rings is 1. The first kappa shape index (κ1) is 21.1. The second-order valence-electron chi connectivity index (χ2n) is 6.59. The van der Waals surface area contributed by atoms with Crippen LogP contribution >= 0.6 is 34.8 Å². The van der Waals surface area contributed by atoms with Crippen molar-refractivity contribution >= 4 is 53.4 Å². The van der Waals surface area contributed by atoms with Gasteiger partial charge in [0.1, 0.15) is 11.5 Å². The highest BCUT2D eigenvalue weighted by atomic mass is 35.5. The van der Waals surface area contributed by atoms with Crippen molar-refractivity contribution in [3.8, 4) is 17.0 Å². The van der Waals surface area contributed by atoms with Crippen molar-refractivity contribution in [3.63, 3.8) is 0 Å². The number of halogens is 3. The molecule has 2 aromatic carbocycles. The zero-order valence-electron chi connectivity index (χ0n) is 15.7. The largest absolute Gasteiger partial charge is 0.478 e. The highest BCUT2D eigenvalue weighted by molar-refractivity contribution is 6.42. The van der Waals surface area contributed by atoms with Crippen molar-refractivity contribution in [2.45, 2.75) is 0 Å². The summed E-state index contributed by atoms with van der Waals surface area (Å²) in [6.07, 6.45) is 1.55. The van der Waals surface area contributed by atoms with E-state index >= 15 is 0 Å². The molecule has 4 aromatic rings. The zero-order valence-corrected chi connectivity index (χ0v) is 17.9. The van der Waals surface area contributed by atoms with Crippen LogP contribution in [-0.4, -0.2) is 20.9 Å². The van der Waals surface area contributed by atoms with Gasteiger partial charge in [0, 0.05) is 5.56 Å². The first-order valence-corrected chi connectivity index (χ1v) is 9.98. The highest BCUT2D eigenvalue weighted by Crippen LogP contribution is 2.29. The molecule has 0 atom stereocenters. The molecule has 2 aromatic heterocycles. The number of aromatic carboxylic acids is 1. The van der Waals surface area contributed by atoms with Gasteiger partial charge in [0.05, 0.1) is 36.9 Å². The Morgan fingerprint density at radius 2 is 1.77 bits per heavy atom. The summed E-state index contributed by atoms with van der Waals surface area (Å²) in [6, 6.07) is 12.8. The maximum absolute atomic E-state index is 12.9. The van der Waals surface area contributed by atoms with Crippen LogP contribution in [0, 0.1) is 0 Å².